The van der Waals surface area contributed by atoms with E-state index in [1.807, 2.05) is 18.5 Å². The number of carbonyl (C=O) groups excluding carboxylic acids is 1. The Kier molecular flexibility index (Phi) is 7.87. The van der Waals surface area contributed by atoms with E-state index in [-0.39, 0.29) is 23.6 Å². The number of halogens is 2. The van der Waals surface area contributed by atoms with E-state index in [9.17, 15) is 23.5 Å². The van der Waals surface area contributed by atoms with Gasteiger partial charge in [0, 0.05) is 22.9 Å². The second-order valence-electron chi connectivity index (χ2n) is 12.2. The standard InChI is InChI=1S/C33H34F2N6O3/c1-18(2)10-27-29(31(36)42)28(24-15-38-41(32(24)39-27)16-19-6-4-3-5-7-19)21-12-22-14-37-40(30(22)23(13-21)33(43)44)17-20-8-9-25(34)26(35)11-20/h8-9,11-15,18-19H,3-7,10,16-17H2,1-2H3,(H2,36,42)(H,43,44). The van der Waals surface area contributed by atoms with Crippen LogP contribution in [0, 0.1) is 23.5 Å². The lowest BCUT2D eigenvalue weighted by Crippen LogP contribution is -2.19. The lowest BCUT2D eigenvalue weighted by Gasteiger charge is -2.22. The Balaban J connectivity index is 1.54. The summed E-state index contributed by atoms with van der Waals surface area (Å²) in [6.45, 7) is 4.80. The number of nitrogens with two attached hydrogens (primary N) is 1. The van der Waals surface area contributed by atoms with Gasteiger partial charge in [-0.1, -0.05) is 39.2 Å². The number of rotatable bonds is 9. The molecule has 0 unspecified atom stereocenters. The van der Waals surface area contributed by atoms with Crippen LogP contribution >= 0.6 is 0 Å². The van der Waals surface area contributed by atoms with Crippen molar-refractivity contribution in [3.63, 3.8) is 0 Å². The molecule has 0 spiro atoms. The van der Waals surface area contributed by atoms with Crippen LogP contribution in [0.15, 0.2) is 42.7 Å². The van der Waals surface area contributed by atoms with Gasteiger partial charge in [-0.05, 0) is 66.5 Å². The van der Waals surface area contributed by atoms with Crippen LogP contribution in [0.2, 0.25) is 0 Å². The van der Waals surface area contributed by atoms with Crippen molar-refractivity contribution >= 4 is 33.8 Å². The molecule has 9 nitrogen and oxygen atoms in total. The number of benzene rings is 2. The zero-order valence-corrected chi connectivity index (χ0v) is 24.7. The SMILES string of the molecule is CC(C)Cc1nc2c(cnn2CC2CCCCC2)c(-c2cc(C(=O)O)c3c(cnn3Cc3ccc(F)c(F)c3)c2)c1C(N)=O. The largest absolute Gasteiger partial charge is 0.478 e. The molecule has 1 fully saturated rings. The molecule has 1 aliphatic rings. The number of aromatic nitrogens is 5. The molecule has 0 atom stereocenters. The van der Waals surface area contributed by atoms with Crippen LogP contribution in [0.4, 0.5) is 8.78 Å². The molecular formula is C33H34F2N6O3. The molecule has 5 aromatic rings. The molecule has 228 valence electrons. The van der Waals surface area contributed by atoms with Crippen molar-refractivity contribution in [1.29, 1.82) is 0 Å². The quantitative estimate of drug-likeness (QED) is 0.203. The number of nitrogens with zero attached hydrogens (tertiary/aromatic N) is 5. The molecule has 1 amide bonds. The minimum absolute atomic E-state index is 0.0266. The number of fused-ring (bicyclic) bond motifs is 2. The summed E-state index contributed by atoms with van der Waals surface area (Å²) in [6, 6.07) is 6.79. The number of primary amides is 1. The Bertz CT molecular complexity index is 1910. The number of aromatic carboxylic acids is 1. The molecule has 0 radical (unpaired) electrons. The monoisotopic (exact) mass is 600 g/mol. The summed E-state index contributed by atoms with van der Waals surface area (Å²) in [6.07, 6.45) is 9.57. The third-order valence-corrected chi connectivity index (χ3v) is 8.43. The highest BCUT2D eigenvalue weighted by molar-refractivity contribution is 6.11. The molecule has 1 saturated carbocycles. The van der Waals surface area contributed by atoms with Gasteiger partial charge in [0.05, 0.1) is 41.3 Å². The van der Waals surface area contributed by atoms with Gasteiger partial charge < -0.3 is 10.8 Å². The zero-order chi connectivity index (χ0) is 31.1. The van der Waals surface area contributed by atoms with E-state index in [2.05, 4.69) is 5.10 Å². The molecule has 2 aromatic carbocycles. The number of hydrogen-bond acceptors (Lipinski definition) is 5. The van der Waals surface area contributed by atoms with E-state index in [0.29, 0.717) is 63.2 Å². The smallest absolute Gasteiger partial charge is 0.337 e. The number of carbonyl (C=O) groups is 2. The van der Waals surface area contributed by atoms with Gasteiger partial charge >= 0.3 is 5.97 Å². The van der Waals surface area contributed by atoms with Crippen molar-refractivity contribution in [3.8, 4) is 11.1 Å². The molecular weight excluding hydrogens is 566 g/mol. The lowest BCUT2D eigenvalue weighted by atomic mass is 9.89. The maximum Gasteiger partial charge on any atom is 0.337 e. The predicted molar refractivity (Wildman–Crippen MR) is 162 cm³/mol. The van der Waals surface area contributed by atoms with E-state index in [4.69, 9.17) is 15.8 Å². The molecule has 3 N–H and O–H groups in total. The van der Waals surface area contributed by atoms with Gasteiger partial charge in [-0.15, -0.1) is 0 Å². The summed E-state index contributed by atoms with van der Waals surface area (Å²) < 4.78 is 30.7. The molecule has 11 heteroatoms. The Morgan fingerprint density at radius 2 is 1.77 bits per heavy atom. The zero-order valence-electron chi connectivity index (χ0n) is 24.7. The van der Waals surface area contributed by atoms with Gasteiger partial charge in [0.15, 0.2) is 17.3 Å². The number of pyridine rings is 1. The Morgan fingerprint density at radius 3 is 2.45 bits per heavy atom. The van der Waals surface area contributed by atoms with Crippen LogP contribution in [0.3, 0.4) is 0 Å². The van der Waals surface area contributed by atoms with Crippen molar-refractivity contribution in [2.24, 2.45) is 17.6 Å². The number of carboxylic acids is 1. The van der Waals surface area contributed by atoms with E-state index in [1.54, 1.807) is 12.3 Å². The van der Waals surface area contributed by atoms with Gasteiger partial charge in [0.2, 0.25) is 0 Å². The van der Waals surface area contributed by atoms with Crippen molar-refractivity contribution in [3.05, 3.63) is 76.7 Å². The fourth-order valence-corrected chi connectivity index (χ4v) is 6.45. The maximum absolute atomic E-state index is 13.9. The first-order valence-electron chi connectivity index (χ1n) is 15.0. The normalized spacial score (nSPS) is 14.2. The van der Waals surface area contributed by atoms with Gasteiger partial charge in [-0.25, -0.2) is 23.2 Å². The average Bonchev–Trinajstić information content (AvgIpc) is 3.57. The summed E-state index contributed by atoms with van der Waals surface area (Å²) >= 11 is 0. The Hall–Kier alpha value is -4.67. The minimum Gasteiger partial charge on any atom is -0.478 e. The van der Waals surface area contributed by atoms with Crippen LogP contribution in [-0.2, 0) is 19.5 Å². The summed E-state index contributed by atoms with van der Waals surface area (Å²) in [5.41, 5.74) is 9.08. The van der Waals surface area contributed by atoms with Gasteiger partial charge in [-0.3, -0.25) is 9.48 Å². The Labute approximate surface area is 252 Å². The van der Waals surface area contributed by atoms with Crippen LogP contribution in [0.1, 0.15) is 77.9 Å². The van der Waals surface area contributed by atoms with E-state index < -0.39 is 23.5 Å². The summed E-state index contributed by atoms with van der Waals surface area (Å²) in [5, 5.41) is 20.5. The highest BCUT2D eigenvalue weighted by Crippen LogP contribution is 2.37. The van der Waals surface area contributed by atoms with Gasteiger partial charge in [0.1, 0.15) is 0 Å². The topological polar surface area (TPSA) is 129 Å². The summed E-state index contributed by atoms with van der Waals surface area (Å²) in [5.74, 6) is -3.17. The van der Waals surface area contributed by atoms with Crippen LogP contribution in [0.25, 0.3) is 33.1 Å². The van der Waals surface area contributed by atoms with E-state index in [0.717, 1.165) is 25.0 Å². The average molecular weight is 601 g/mol. The number of hydrogen-bond donors (Lipinski definition) is 2. The molecule has 44 heavy (non-hydrogen) atoms. The number of amides is 1. The number of carboxylic acid groups (broad SMARTS) is 1. The first-order chi connectivity index (χ1) is 21.1. The highest BCUT2D eigenvalue weighted by atomic mass is 19.2. The van der Waals surface area contributed by atoms with Crippen LogP contribution in [-0.4, -0.2) is 41.5 Å². The molecule has 0 saturated heterocycles. The molecule has 3 heterocycles. The summed E-state index contributed by atoms with van der Waals surface area (Å²) in [7, 11) is 0. The van der Waals surface area contributed by atoms with Crippen molar-refractivity contribution < 1.29 is 23.5 Å². The summed E-state index contributed by atoms with van der Waals surface area (Å²) in [4.78, 5) is 30.7. The predicted octanol–water partition coefficient (Wildman–Crippen LogP) is 6.35. The third-order valence-electron chi connectivity index (χ3n) is 8.43. The van der Waals surface area contributed by atoms with Crippen LogP contribution in [0.5, 0.6) is 0 Å². The highest BCUT2D eigenvalue weighted by Gasteiger charge is 2.27. The second kappa shape index (κ2) is 11.8. The van der Waals surface area contributed by atoms with Crippen molar-refractivity contribution in [1.82, 2.24) is 24.5 Å². The van der Waals surface area contributed by atoms with Crippen molar-refractivity contribution in [2.75, 3.05) is 0 Å². The Morgan fingerprint density at radius 1 is 1.02 bits per heavy atom. The van der Waals surface area contributed by atoms with Gasteiger partial charge in [0.25, 0.3) is 5.91 Å². The van der Waals surface area contributed by atoms with E-state index in [1.165, 1.54) is 42.3 Å². The third kappa shape index (κ3) is 5.54. The van der Waals surface area contributed by atoms with Gasteiger partial charge in [-0.2, -0.15) is 10.2 Å². The molecule has 6 rings (SSSR count). The fourth-order valence-electron chi connectivity index (χ4n) is 6.45. The lowest BCUT2D eigenvalue weighted by molar-refractivity contribution is 0.0698. The molecule has 3 aromatic heterocycles. The van der Waals surface area contributed by atoms with Crippen molar-refractivity contribution in [2.45, 2.75) is 65.5 Å². The minimum atomic E-state index is -1.20. The first-order valence-corrected chi connectivity index (χ1v) is 15.0. The molecule has 0 bridgehead atoms. The second-order valence-corrected chi connectivity index (χ2v) is 12.2. The maximum atomic E-state index is 13.9. The molecule has 1 aliphatic carbocycles. The van der Waals surface area contributed by atoms with E-state index >= 15 is 0 Å². The van der Waals surface area contributed by atoms with Crippen LogP contribution < -0.4 is 5.73 Å². The molecule has 0 aliphatic heterocycles. The first kappa shape index (κ1) is 29.4. The fraction of sp³-hybridized carbons (Fsp3) is 0.364.